The first-order valence-electron chi connectivity index (χ1n) is 4.94. The van der Waals surface area contributed by atoms with E-state index in [9.17, 15) is 9.90 Å². The van der Waals surface area contributed by atoms with Crippen molar-refractivity contribution in [2.75, 3.05) is 7.11 Å². The van der Waals surface area contributed by atoms with E-state index in [1.54, 1.807) is 7.11 Å². The first-order chi connectivity index (χ1) is 7.15. The lowest BCUT2D eigenvalue weighted by molar-refractivity contribution is -0.0498. The van der Waals surface area contributed by atoms with Crippen LogP contribution in [0, 0.1) is 5.92 Å². The van der Waals surface area contributed by atoms with Crippen molar-refractivity contribution >= 4 is 12.2 Å². The molecule has 0 aromatic carbocycles. The van der Waals surface area contributed by atoms with Gasteiger partial charge in [-0.2, -0.15) is 5.10 Å². The minimum atomic E-state index is -0.708. The third kappa shape index (κ3) is 3.49. The van der Waals surface area contributed by atoms with Gasteiger partial charge in [-0.05, 0) is 12.8 Å². The van der Waals surface area contributed by atoms with Gasteiger partial charge >= 0.3 is 6.03 Å². The summed E-state index contributed by atoms with van der Waals surface area (Å²) in [6.07, 6.45) is 3.46. The Balaban J connectivity index is 2.46. The van der Waals surface area contributed by atoms with Crippen LogP contribution in [-0.2, 0) is 4.74 Å². The second-order valence-corrected chi connectivity index (χ2v) is 3.61. The molecule has 1 saturated carbocycles. The van der Waals surface area contributed by atoms with Crippen molar-refractivity contribution in [3.8, 4) is 0 Å². The summed E-state index contributed by atoms with van der Waals surface area (Å²) >= 11 is 0. The summed E-state index contributed by atoms with van der Waals surface area (Å²) in [6, 6.07) is -0.708. The van der Waals surface area contributed by atoms with E-state index in [1.807, 2.05) is 0 Å². The van der Waals surface area contributed by atoms with Gasteiger partial charge in [0, 0.05) is 19.2 Å². The fourth-order valence-electron chi connectivity index (χ4n) is 1.79. The fraction of sp³-hybridized carbons (Fsp3) is 0.778. The van der Waals surface area contributed by atoms with Crippen LogP contribution in [-0.4, -0.2) is 36.7 Å². The van der Waals surface area contributed by atoms with Crippen LogP contribution >= 0.6 is 0 Å². The topological polar surface area (TPSA) is 96.9 Å². The van der Waals surface area contributed by atoms with Crippen molar-refractivity contribution in [3.05, 3.63) is 0 Å². The number of aliphatic hydroxyl groups excluding tert-OH is 1. The first kappa shape index (κ1) is 11.9. The number of hydrogen-bond donors (Lipinski definition) is 3. The fourth-order valence-corrected chi connectivity index (χ4v) is 1.79. The van der Waals surface area contributed by atoms with Crippen molar-refractivity contribution in [1.82, 2.24) is 5.43 Å². The van der Waals surface area contributed by atoms with Crippen LogP contribution < -0.4 is 11.2 Å². The number of methoxy groups -OCH3 is 1. The molecular formula is C9H17N3O3. The molecule has 86 valence electrons. The van der Waals surface area contributed by atoms with Crippen LogP contribution in [0.1, 0.15) is 19.3 Å². The second kappa shape index (κ2) is 5.67. The van der Waals surface area contributed by atoms with E-state index in [-0.39, 0.29) is 12.0 Å². The third-order valence-electron chi connectivity index (χ3n) is 2.59. The number of rotatable bonds is 3. The maximum Gasteiger partial charge on any atom is 0.332 e. The summed E-state index contributed by atoms with van der Waals surface area (Å²) in [5.74, 6) is -0.0875. The summed E-state index contributed by atoms with van der Waals surface area (Å²) < 4.78 is 5.14. The lowest BCUT2D eigenvalue weighted by Gasteiger charge is -2.31. The summed E-state index contributed by atoms with van der Waals surface area (Å²) in [7, 11) is 1.58. The van der Waals surface area contributed by atoms with Crippen LogP contribution in [0.15, 0.2) is 5.10 Å². The number of nitrogens with two attached hydrogens (primary N) is 1. The molecule has 1 fully saturated rings. The van der Waals surface area contributed by atoms with E-state index >= 15 is 0 Å². The van der Waals surface area contributed by atoms with Gasteiger partial charge < -0.3 is 15.6 Å². The van der Waals surface area contributed by atoms with Gasteiger partial charge in [0.15, 0.2) is 0 Å². The van der Waals surface area contributed by atoms with Crippen LogP contribution in [0.4, 0.5) is 4.79 Å². The normalized spacial score (nSPS) is 31.7. The largest absolute Gasteiger partial charge is 0.390 e. The number of hydrazone groups is 1. The number of aliphatic hydroxyl groups is 1. The molecule has 15 heavy (non-hydrogen) atoms. The SMILES string of the molecule is COC1CCCC(/C=N\NC(N)=O)C1O. The Labute approximate surface area is 88.5 Å². The maximum atomic E-state index is 10.4. The van der Waals surface area contributed by atoms with Crippen LogP contribution in [0.25, 0.3) is 0 Å². The zero-order valence-electron chi connectivity index (χ0n) is 8.72. The predicted molar refractivity (Wildman–Crippen MR) is 55.4 cm³/mol. The molecule has 0 radical (unpaired) electrons. The van der Waals surface area contributed by atoms with E-state index in [4.69, 9.17) is 10.5 Å². The number of nitrogens with zero attached hydrogens (tertiary/aromatic N) is 1. The molecule has 0 spiro atoms. The number of urea groups is 1. The van der Waals surface area contributed by atoms with Gasteiger partial charge in [0.1, 0.15) is 0 Å². The minimum Gasteiger partial charge on any atom is -0.390 e. The Bertz CT molecular complexity index is 245. The molecule has 0 aliphatic heterocycles. The lowest BCUT2D eigenvalue weighted by atomic mass is 9.85. The smallest absolute Gasteiger partial charge is 0.332 e. The van der Waals surface area contributed by atoms with Gasteiger partial charge in [-0.15, -0.1) is 0 Å². The molecule has 1 aliphatic rings. The number of carbonyl (C=O) groups is 1. The zero-order valence-corrected chi connectivity index (χ0v) is 8.72. The molecule has 0 heterocycles. The van der Waals surface area contributed by atoms with Crippen molar-refractivity contribution in [2.24, 2.45) is 16.8 Å². The molecule has 0 aromatic heterocycles. The average Bonchev–Trinajstić information content (AvgIpc) is 2.20. The number of primary amides is 1. The predicted octanol–water partition coefficient (Wildman–Crippen LogP) is -0.183. The Hall–Kier alpha value is -1.14. The Kier molecular flexibility index (Phi) is 4.51. The van der Waals surface area contributed by atoms with Gasteiger partial charge in [0.2, 0.25) is 0 Å². The van der Waals surface area contributed by atoms with Crippen molar-refractivity contribution < 1.29 is 14.6 Å². The van der Waals surface area contributed by atoms with Gasteiger partial charge in [-0.25, -0.2) is 10.2 Å². The molecule has 0 saturated heterocycles. The van der Waals surface area contributed by atoms with Crippen molar-refractivity contribution in [3.63, 3.8) is 0 Å². The highest BCUT2D eigenvalue weighted by Gasteiger charge is 2.30. The highest BCUT2D eigenvalue weighted by molar-refractivity contribution is 5.73. The average molecular weight is 215 g/mol. The Morgan fingerprint density at radius 2 is 2.40 bits per heavy atom. The zero-order chi connectivity index (χ0) is 11.3. The highest BCUT2D eigenvalue weighted by Crippen LogP contribution is 2.25. The Morgan fingerprint density at radius 3 is 3.00 bits per heavy atom. The lowest BCUT2D eigenvalue weighted by Crippen LogP contribution is -2.39. The van der Waals surface area contributed by atoms with Crippen LogP contribution in [0.2, 0.25) is 0 Å². The van der Waals surface area contributed by atoms with E-state index in [2.05, 4.69) is 10.5 Å². The van der Waals surface area contributed by atoms with Gasteiger partial charge in [-0.1, -0.05) is 6.42 Å². The molecule has 1 aliphatic carbocycles. The van der Waals surface area contributed by atoms with Crippen molar-refractivity contribution in [2.45, 2.75) is 31.5 Å². The molecule has 2 amide bonds. The molecule has 6 nitrogen and oxygen atoms in total. The molecule has 0 bridgehead atoms. The second-order valence-electron chi connectivity index (χ2n) is 3.61. The monoisotopic (exact) mass is 215 g/mol. The summed E-state index contributed by atoms with van der Waals surface area (Å²) in [4.78, 5) is 10.4. The summed E-state index contributed by atoms with van der Waals surface area (Å²) in [5, 5.41) is 13.5. The number of nitrogens with one attached hydrogen (secondary N) is 1. The molecule has 3 atom stereocenters. The third-order valence-corrected chi connectivity index (χ3v) is 2.59. The highest BCUT2D eigenvalue weighted by atomic mass is 16.5. The van der Waals surface area contributed by atoms with Gasteiger partial charge in [0.25, 0.3) is 0 Å². The van der Waals surface area contributed by atoms with E-state index < -0.39 is 12.1 Å². The number of carbonyl (C=O) groups excluding carboxylic acids is 1. The van der Waals surface area contributed by atoms with Gasteiger partial charge in [0.05, 0.1) is 12.2 Å². The summed E-state index contributed by atoms with van der Waals surface area (Å²) in [5.41, 5.74) is 6.95. The number of ether oxygens (including phenoxy) is 1. The standard InChI is InChI=1S/C9H17N3O3/c1-15-7-4-2-3-6(8(7)13)5-11-12-9(10)14/h5-8,13H,2-4H2,1H3,(H3,10,12,14)/b11-5-. The minimum absolute atomic E-state index is 0.0875. The molecule has 0 aromatic rings. The van der Waals surface area contributed by atoms with Gasteiger partial charge in [-0.3, -0.25) is 0 Å². The van der Waals surface area contributed by atoms with E-state index in [1.165, 1.54) is 6.21 Å². The molecule has 1 rings (SSSR count). The first-order valence-corrected chi connectivity index (χ1v) is 4.94. The quantitative estimate of drug-likeness (QED) is 0.450. The van der Waals surface area contributed by atoms with E-state index in [0.29, 0.717) is 0 Å². The summed E-state index contributed by atoms with van der Waals surface area (Å²) in [6.45, 7) is 0. The molecule has 3 unspecified atom stereocenters. The molecule has 6 heteroatoms. The van der Waals surface area contributed by atoms with E-state index in [0.717, 1.165) is 19.3 Å². The number of amides is 2. The Morgan fingerprint density at radius 1 is 1.67 bits per heavy atom. The van der Waals surface area contributed by atoms with Crippen LogP contribution in [0.3, 0.4) is 0 Å². The maximum absolute atomic E-state index is 10.4. The molecular weight excluding hydrogens is 198 g/mol. The van der Waals surface area contributed by atoms with Crippen molar-refractivity contribution in [1.29, 1.82) is 0 Å². The molecule has 4 N–H and O–H groups in total. The number of hydrogen-bond acceptors (Lipinski definition) is 4. The van der Waals surface area contributed by atoms with Crippen LogP contribution in [0.5, 0.6) is 0 Å².